The maximum absolute atomic E-state index is 5.19. The van der Waals surface area contributed by atoms with Gasteiger partial charge in [0.1, 0.15) is 0 Å². The van der Waals surface area contributed by atoms with Crippen LogP contribution in [-0.4, -0.2) is 6.72 Å². The Morgan fingerprint density at radius 3 is 2.71 bits per heavy atom. The minimum absolute atomic E-state index is 0.687. The molecule has 0 radical (unpaired) electrons. The number of allylic oxidation sites excluding steroid dienone is 1. The van der Waals surface area contributed by atoms with Crippen LogP contribution in [-0.2, 0) is 0 Å². The molecular formula is C4H9N3. The molecule has 0 aromatic heterocycles. The summed E-state index contributed by atoms with van der Waals surface area (Å²) < 4.78 is 0. The SMILES string of the molecule is C=NN/C=C(\C)N. The first-order valence-corrected chi connectivity index (χ1v) is 1.91. The van der Waals surface area contributed by atoms with Gasteiger partial charge in [-0.05, 0) is 6.92 Å². The molecule has 40 valence electrons. The largest absolute Gasteiger partial charge is 0.401 e. The predicted molar refractivity (Wildman–Crippen MR) is 30.6 cm³/mol. The van der Waals surface area contributed by atoms with E-state index in [0.29, 0.717) is 5.70 Å². The van der Waals surface area contributed by atoms with Gasteiger partial charge >= 0.3 is 0 Å². The monoisotopic (exact) mass is 99.1 g/mol. The molecule has 0 aromatic carbocycles. The molecule has 0 saturated carbocycles. The van der Waals surface area contributed by atoms with Crippen LogP contribution < -0.4 is 11.2 Å². The zero-order valence-corrected chi connectivity index (χ0v) is 4.31. The van der Waals surface area contributed by atoms with Gasteiger partial charge in [0.15, 0.2) is 0 Å². The van der Waals surface area contributed by atoms with Gasteiger partial charge in [-0.15, -0.1) is 0 Å². The molecule has 3 nitrogen and oxygen atoms in total. The molecule has 0 bridgehead atoms. The van der Waals surface area contributed by atoms with Gasteiger partial charge in [0, 0.05) is 18.6 Å². The van der Waals surface area contributed by atoms with E-state index in [2.05, 4.69) is 17.2 Å². The molecule has 0 aliphatic heterocycles. The van der Waals surface area contributed by atoms with Crippen LogP contribution in [0.25, 0.3) is 0 Å². The summed E-state index contributed by atoms with van der Waals surface area (Å²) in [6, 6.07) is 0. The van der Waals surface area contributed by atoms with Gasteiger partial charge in [-0.3, -0.25) is 5.43 Å². The molecule has 0 amide bonds. The van der Waals surface area contributed by atoms with E-state index in [0.717, 1.165) is 0 Å². The van der Waals surface area contributed by atoms with Crippen molar-refractivity contribution in [1.29, 1.82) is 0 Å². The van der Waals surface area contributed by atoms with Crippen LogP contribution in [0.5, 0.6) is 0 Å². The van der Waals surface area contributed by atoms with Crippen molar-refractivity contribution >= 4 is 6.72 Å². The summed E-state index contributed by atoms with van der Waals surface area (Å²) >= 11 is 0. The molecule has 3 heteroatoms. The van der Waals surface area contributed by atoms with Crippen LogP contribution in [0.4, 0.5) is 0 Å². The minimum Gasteiger partial charge on any atom is -0.401 e. The van der Waals surface area contributed by atoms with Crippen molar-refractivity contribution in [2.24, 2.45) is 10.8 Å². The highest BCUT2D eigenvalue weighted by molar-refractivity contribution is 5.22. The third-order valence-electron chi connectivity index (χ3n) is 0.384. The fraction of sp³-hybridized carbons (Fsp3) is 0.250. The van der Waals surface area contributed by atoms with Crippen LogP contribution in [0.15, 0.2) is 17.0 Å². The molecule has 0 saturated heterocycles. The molecular weight excluding hydrogens is 90.1 g/mol. The lowest BCUT2D eigenvalue weighted by atomic mass is 10.6. The lowest BCUT2D eigenvalue weighted by Gasteiger charge is -1.86. The fourth-order valence-corrected chi connectivity index (χ4v) is 0.147. The second kappa shape index (κ2) is 3.21. The Bertz CT molecular complexity index is 80.9. The first kappa shape index (κ1) is 6.01. The normalized spacial score (nSPS) is 10.7. The molecule has 0 aliphatic rings. The molecule has 0 spiro atoms. The second-order valence-electron chi connectivity index (χ2n) is 1.18. The van der Waals surface area contributed by atoms with Crippen molar-refractivity contribution in [3.05, 3.63) is 11.9 Å². The lowest BCUT2D eigenvalue weighted by Crippen LogP contribution is -1.98. The molecule has 0 rings (SSSR count). The van der Waals surface area contributed by atoms with E-state index in [9.17, 15) is 0 Å². The van der Waals surface area contributed by atoms with Crippen molar-refractivity contribution in [1.82, 2.24) is 5.43 Å². The van der Waals surface area contributed by atoms with E-state index in [1.165, 1.54) is 0 Å². The molecule has 0 unspecified atom stereocenters. The van der Waals surface area contributed by atoms with E-state index in [-0.39, 0.29) is 0 Å². The Balaban J connectivity index is 3.25. The average Bonchev–Trinajstić information content (AvgIpc) is 1.61. The Labute approximate surface area is 42.9 Å². The molecule has 0 aromatic rings. The number of nitrogens with one attached hydrogen (secondary N) is 1. The summed E-state index contributed by atoms with van der Waals surface area (Å²) in [7, 11) is 0. The lowest BCUT2D eigenvalue weighted by molar-refractivity contribution is 0.959. The van der Waals surface area contributed by atoms with Gasteiger partial charge in [0.25, 0.3) is 0 Å². The molecule has 7 heavy (non-hydrogen) atoms. The van der Waals surface area contributed by atoms with Gasteiger partial charge in [-0.2, -0.15) is 5.10 Å². The maximum Gasteiger partial charge on any atom is 0.0384 e. The first-order valence-electron chi connectivity index (χ1n) is 1.91. The van der Waals surface area contributed by atoms with Gasteiger partial charge in [0.2, 0.25) is 0 Å². The van der Waals surface area contributed by atoms with Crippen LogP contribution >= 0.6 is 0 Å². The second-order valence-corrected chi connectivity index (χ2v) is 1.18. The molecule has 0 fully saturated rings. The molecule has 3 N–H and O–H groups in total. The van der Waals surface area contributed by atoms with E-state index >= 15 is 0 Å². The number of rotatable bonds is 2. The van der Waals surface area contributed by atoms with E-state index in [4.69, 9.17) is 5.73 Å². The topological polar surface area (TPSA) is 50.4 Å². The quantitative estimate of drug-likeness (QED) is 0.378. The fourth-order valence-electron chi connectivity index (χ4n) is 0.147. The highest BCUT2D eigenvalue weighted by atomic mass is 15.3. The van der Waals surface area contributed by atoms with Gasteiger partial charge in [-0.25, -0.2) is 0 Å². The zero-order valence-electron chi connectivity index (χ0n) is 4.31. The highest BCUT2D eigenvalue weighted by Gasteiger charge is 1.67. The van der Waals surface area contributed by atoms with E-state index in [1.54, 1.807) is 13.1 Å². The number of hydrogen-bond donors (Lipinski definition) is 2. The Morgan fingerprint density at radius 1 is 2.00 bits per heavy atom. The van der Waals surface area contributed by atoms with Crippen molar-refractivity contribution in [3.8, 4) is 0 Å². The molecule has 0 aliphatic carbocycles. The van der Waals surface area contributed by atoms with Crippen LogP contribution in [0, 0.1) is 0 Å². The smallest absolute Gasteiger partial charge is 0.0384 e. The Hall–Kier alpha value is -0.990. The third kappa shape index (κ3) is 5.01. The number of nitrogens with two attached hydrogens (primary N) is 1. The number of nitrogens with zero attached hydrogens (tertiary/aromatic N) is 1. The average molecular weight is 99.1 g/mol. The molecule has 0 atom stereocenters. The predicted octanol–water partition coefficient (Wildman–Crippen LogP) is 0.0116. The maximum atomic E-state index is 5.19. The first-order chi connectivity index (χ1) is 3.27. The van der Waals surface area contributed by atoms with Crippen molar-refractivity contribution in [2.45, 2.75) is 6.92 Å². The van der Waals surface area contributed by atoms with Crippen molar-refractivity contribution in [2.75, 3.05) is 0 Å². The summed E-state index contributed by atoms with van der Waals surface area (Å²) in [6.45, 7) is 4.93. The Morgan fingerprint density at radius 2 is 2.57 bits per heavy atom. The highest BCUT2D eigenvalue weighted by Crippen LogP contribution is 1.70. The molecule has 0 heterocycles. The van der Waals surface area contributed by atoms with Crippen LogP contribution in [0.3, 0.4) is 0 Å². The summed E-state index contributed by atoms with van der Waals surface area (Å²) in [5, 5.41) is 3.32. The van der Waals surface area contributed by atoms with Crippen LogP contribution in [0.1, 0.15) is 6.92 Å². The zero-order chi connectivity index (χ0) is 5.70. The summed E-state index contributed by atoms with van der Waals surface area (Å²) in [6.07, 6.45) is 1.56. The van der Waals surface area contributed by atoms with Gasteiger partial charge in [0.05, 0.1) is 0 Å². The summed E-state index contributed by atoms with van der Waals surface area (Å²) in [5.74, 6) is 0. The minimum atomic E-state index is 0.687. The van der Waals surface area contributed by atoms with Crippen molar-refractivity contribution < 1.29 is 0 Å². The van der Waals surface area contributed by atoms with E-state index < -0.39 is 0 Å². The van der Waals surface area contributed by atoms with Gasteiger partial charge in [-0.1, -0.05) is 0 Å². The van der Waals surface area contributed by atoms with Crippen molar-refractivity contribution in [3.63, 3.8) is 0 Å². The number of hydrazone groups is 1. The van der Waals surface area contributed by atoms with Crippen LogP contribution in [0.2, 0.25) is 0 Å². The van der Waals surface area contributed by atoms with E-state index in [1.807, 2.05) is 0 Å². The summed E-state index contributed by atoms with van der Waals surface area (Å²) in [5.41, 5.74) is 8.35. The van der Waals surface area contributed by atoms with Gasteiger partial charge < -0.3 is 5.73 Å². The summed E-state index contributed by atoms with van der Waals surface area (Å²) in [4.78, 5) is 0. The third-order valence-corrected chi connectivity index (χ3v) is 0.384. The Kier molecular flexibility index (Phi) is 2.76. The number of hydrogen-bond acceptors (Lipinski definition) is 3. The standard InChI is InChI=1S/C4H9N3/c1-4(5)3-7-6-2/h3,7H,2,5H2,1H3/b4-3+.